The van der Waals surface area contributed by atoms with Crippen LogP contribution in [-0.2, 0) is 9.47 Å². The second-order valence-corrected chi connectivity index (χ2v) is 2.88. The van der Waals surface area contributed by atoms with Gasteiger partial charge in [0.1, 0.15) is 0 Å². The molecule has 0 rings (SSSR count). The first-order valence-electron chi connectivity index (χ1n) is 4.63. The van der Waals surface area contributed by atoms with Crippen molar-refractivity contribution >= 4 is 0 Å². The fourth-order valence-corrected chi connectivity index (χ4v) is 1.01. The molecule has 0 heterocycles. The summed E-state index contributed by atoms with van der Waals surface area (Å²) in [5.74, 6) is 0. The molecule has 0 amide bonds. The van der Waals surface area contributed by atoms with Gasteiger partial charge in [-0.25, -0.2) is 0 Å². The van der Waals surface area contributed by atoms with Gasteiger partial charge in [0, 0.05) is 33.0 Å². The molecule has 1 unspecified atom stereocenters. The van der Waals surface area contributed by atoms with Crippen LogP contribution in [0.3, 0.4) is 0 Å². The van der Waals surface area contributed by atoms with Gasteiger partial charge in [-0.1, -0.05) is 0 Å². The summed E-state index contributed by atoms with van der Waals surface area (Å²) in [6, 6.07) is 0.270. The lowest BCUT2D eigenvalue weighted by molar-refractivity contribution is 0.136. The molecule has 0 saturated heterocycles. The highest BCUT2D eigenvalue weighted by Crippen LogP contribution is 1.99. The normalized spacial score (nSPS) is 13.2. The largest absolute Gasteiger partial charge is 0.385 e. The van der Waals surface area contributed by atoms with Crippen molar-refractivity contribution in [2.75, 3.05) is 26.9 Å². The molecule has 0 saturated carbocycles. The van der Waals surface area contributed by atoms with E-state index in [0.29, 0.717) is 0 Å². The van der Waals surface area contributed by atoms with E-state index in [2.05, 4.69) is 0 Å². The molecular weight excluding hydrogens is 154 g/mol. The Balaban J connectivity index is 3.04. The Kier molecular flexibility index (Phi) is 8.88. The van der Waals surface area contributed by atoms with Crippen LogP contribution in [0.1, 0.15) is 26.2 Å². The number of rotatable bonds is 8. The molecule has 0 aliphatic rings. The fraction of sp³-hybridized carbons (Fsp3) is 1.00. The average molecular weight is 175 g/mol. The van der Waals surface area contributed by atoms with Gasteiger partial charge < -0.3 is 15.2 Å². The van der Waals surface area contributed by atoms with Gasteiger partial charge in [-0.15, -0.1) is 0 Å². The van der Waals surface area contributed by atoms with Crippen LogP contribution in [0.4, 0.5) is 0 Å². The fourth-order valence-electron chi connectivity index (χ4n) is 1.01. The topological polar surface area (TPSA) is 44.5 Å². The second-order valence-electron chi connectivity index (χ2n) is 2.88. The van der Waals surface area contributed by atoms with E-state index in [4.69, 9.17) is 15.2 Å². The molecule has 0 fully saturated rings. The number of methoxy groups -OCH3 is 1. The highest BCUT2D eigenvalue weighted by molar-refractivity contribution is 4.60. The molecule has 0 aromatic rings. The summed E-state index contributed by atoms with van der Waals surface area (Å²) in [6.45, 7) is 4.37. The van der Waals surface area contributed by atoms with E-state index in [-0.39, 0.29) is 6.04 Å². The lowest BCUT2D eigenvalue weighted by Gasteiger charge is -2.10. The smallest absolute Gasteiger partial charge is 0.0480 e. The average Bonchev–Trinajstić information content (AvgIpc) is 2.06. The molecule has 12 heavy (non-hydrogen) atoms. The predicted molar refractivity (Wildman–Crippen MR) is 50.2 cm³/mol. The second kappa shape index (κ2) is 8.97. The first-order valence-corrected chi connectivity index (χ1v) is 4.63. The van der Waals surface area contributed by atoms with Crippen molar-refractivity contribution in [3.8, 4) is 0 Å². The molecular formula is C9H21NO2. The van der Waals surface area contributed by atoms with Gasteiger partial charge in [-0.3, -0.25) is 0 Å². The molecule has 3 nitrogen and oxygen atoms in total. The molecule has 0 aromatic heterocycles. The molecule has 0 bridgehead atoms. The van der Waals surface area contributed by atoms with Crippen molar-refractivity contribution in [2.45, 2.75) is 32.2 Å². The maximum atomic E-state index is 5.82. The predicted octanol–water partition coefficient (Wildman–Crippen LogP) is 1.17. The Morgan fingerprint density at radius 2 is 2.00 bits per heavy atom. The van der Waals surface area contributed by atoms with Crippen LogP contribution < -0.4 is 5.73 Å². The summed E-state index contributed by atoms with van der Waals surface area (Å²) in [5.41, 5.74) is 5.82. The van der Waals surface area contributed by atoms with Crippen LogP contribution >= 0.6 is 0 Å². The molecule has 1 atom stereocenters. The minimum atomic E-state index is 0.270. The van der Waals surface area contributed by atoms with Crippen molar-refractivity contribution < 1.29 is 9.47 Å². The number of hydrogen-bond acceptors (Lipinski definition) is 3. The molecule has 74 valence electrons. The number of hydrogen-bond donors (Lipinski definition) is 1. The van der Waals surface area contributed by atoms with Crippen LogP contribution in [0.2, 0.25) is 0 Å². The van der Waals surface area contributed by atoms with Gasteiger partial charge in [0.25, 0.3) is 0 Å². The summed E-state index contributed by atoms with van der Waals surface area (Å²) in [5, 5.41) is 0. The van der Waals surface area contributed by atoms with E-state index in [1.165, 1.54) is 0 Å². The van der Waals surface area contributed by atoms with Gasteiger partial charge >= 0.3 is 0 Å². The van der Waals surface area contributed by atoms with Gasteiger partial charge in [0.15, 0.2) is 0 Å². The van der Waals surface area contributed by atoms with E-state index in [9.17, 15) is 0 Å². The molecule has 3 heteroatoms. The van der Waals surface area contributed by atoms with Crippen molar-refractivity contribution in [2.24, 2.45) is 5.73 Å². The van der Waals surface area contributed by atoms with Gasteiger partial charge in [0.05, 0.1) is 0 Å². The number of nitrogens with two attached hydrogens (primary N) is 1. The quantitative estimate of drug-likeness (QED) is 0.563. The van der Waals surface area contributed by atoms with Gasteiger partial charge in [0.2, 0.25) is 0 Å². The standard InChI is InChI=1S/C9H21NO2/c1-3-12-8-6-9(10)5-4-7-11-2/h9H,3-8,10H2,1-2H3. The summed E-state index contributed by atoms with van der Waals surface area (Å²) < 4.78 is 10.1. The molecule has 0 radical (unpaired) electrons. The van der Waals surface area contributed by atoms with Crippen molar-refractivity contribution in [3.63, 3.8) is 0 Å². The van der Waals surface area contributed by atoms with Gasteiger partial charge in [-0.05, 0) is 26.2 Å². The van der Waals surface area contributed by atoms with E-state index < -0.39 is 0 Å². The summed E-state index contributed by atoms with van der Waals surface area (Å²) in [6.07, 6.45) is 3.03. The third kappa shape index (κ3) is 7.98. The van der Waals surface area contributed by atoms with Crippen molar-refractivity contribution in [1.82, 2.24) is 0 Å². The lowest BCUT2D eigenvalue weighted by Crippen LogP contribution is -2.22. The van der Waals surface area contributed by atoms with E-state index in [0.717, 1.165) is 39.1 Å². The zero-order valence-corrected chi connectivity index (χ0v) is 8.21. The Bertz CT molecular complexity index is 78.6. The highest BCUT2D eigenvalue weighted by Gasteiger charge is 2.01. The monoisotopic (exact) mass is 175 g/mol. The van der Waals surface area contributed by atoms with Crippen molar-refractivity contribution in [3.05, 3.63) is 0 Å². The zero-order chi connectivity index (χ0) is 9.23. The van der Waals surface area contributed by atoms with Crippen LogP contribution in [0.15, 0.2) is 0 Å². The lowest BCUT2D eigenvalue weighted by atomic mass is 10.1. The minimum absolute atomic E-state index is 0.270. The minimum Gasteiger partial charge on any atom is -0.385 e. The molecule has 0 aliphatic carbocycles. The van der Waals surface area contributed by atoms with E-state index in [1.54, 1.807) is 7.11 Å². The molecule has 0 aromatic carbocycles. The van der Waals surface area contributed by atoms with Crippen molar-refractivity contribution in [1.29, 1.82) is 0 Å². The Morgan fingerprint density at radius 3 is 2.58 bits per heavy atom. The first-order chi connectivity index (χ1) is 5.81. The summed E-state index contributed by atoms with van der Waals surface area (Å²) >= 11 is 0. The Morgan fingerprint density at radius 1 is 1.25 bits per heavy atom. The van der Waals surface area contributed by atoms with E-state index in [1.807, 2.05) is 6.92 Å². The Hall–Kier alpha value is -0.120. The molecule has 0 aliphatic heterocycles. The van der Waals surface area contributed by atoms with Crippen LogP contribution in [0.25, 0.3) is 0 Å². The van der Waals surface area contributed by atoms with Crippen LogP contribution in [-0.4, -0.2) is 33.0 Å². The third-order valence-corrected chi connectivity index (χ3v) is 1.76. The summed E-state index contributed by atoms with van der Waals surface area (Å²) in [4.78, 5) is 0. The number of ether oxygens (including phenoxy) is 2. The molecule has 2 N–H and O–H groups in total. The highest BCUT2D eigenvalue weighted by atomic mass is 16.5. The maximum Gasteiger partial charge on any atom is 0.0480 e. The SMILES string of the molecule is CCOCCC(N)CCCOC. The Labute approximate surface area is 75.2 Å². The third-order valence-electron chi connectivity index (χ3n) is 1.76. The van der Waals surface area contributed by atoms with Gasteiger partial charge in [-0.2, -0.15) is 0 Å². The zero-order valence-electron chi connectivity index (χ0n) is 8.21. The van der Waals surface area contributed by atoms with Crippen LogP contribution in [0.5, 0.6) is 0 Å². The summed E-state index contributed by atoms with van der Waals surface area (Å²) in [7, 11) is 1.71. The molecule has 0 spiro atoms. The maximum absolute atomic E-state index is 5.82. The first kappa shape index (κ1) is 11.9. The van der Waals surface area contributed by atoms with Crippen LogP contribution in [0, 0.1) is 0 Å². The van der Waals surface area contributed by atoms with E-state index >= 15 is 0 Å².